The van der Waals surface area contributed by atoms with Gasteiger partial charge in [0.1, 0.15) is 6.61 Å². The van der Waals surface area contributed by atoms with Gasteiger partial charge in [0.2, 0.25) is 0 Å². The van der Waals surface area contributed by atoms with Crippen LogP contribution in [0.5, 0.6) is 0 Å². The molecule has 0 bridgehead atoms. The standard InChI is InChI=1S/C31H62O9/c1-3-5-7-9-11-13-15-31(32)40-30-29-39-28-27-38-26-25-37-24-23-36-22-21-35-20-19-34-18-17-33-16-14-12-10-8-6-4-2/h3-30H2,1-2H3. The molecule has 0 aliphatic heterocycles. The van der Waals surface area contributed by atoms with E-state index in [1.807, 2.05) is 0 Å². The predicted molar refractivity (Wildman–Crippen MR) is 158 cm³/mol. The zero-order chi connectivity index (χ0) is 29.0. The maximum atomic E-state index is 11.6. The van der Waals surface area contributed by atoms with E-state index in [1.165, 1.54) is 57.8 Å². The monoisotopic (exact) mass is 578 g/mol. The zero-order valence-electron chi connectivity index (χ0n) is 26.0. The Morgan fingerprint density at radius 1 is 0.350 bits per heavy atom. The van der Waals surface area contributed by atoms with Crippen molar-refractivity contribution in [2.45, 2.75) is 97.3 Å². The highest BCUT2D eigenvalue weighted by atomic mass is 16.6. The van der Waals surface area contributed by atoms with Gasteiger partial charge in [0.05, 0.1) is 85.9 Å². The second kappa shape index (κ2) is 36.2. The molecule has 0 aliphatic rings. The largest absolute Gasteiger partial charge is 0.463 e. The number of unbranched alkanes of at least 4 members (excludes halogenated alkanes) is 10. The number of hydrogen-bond acceptors (Lipinski definition) is 9. The van der Waals surface area contributed by atoms with Crippen molar-refractivity contribution < 1.29 is 42.7 Å². The molecule has 0 spiro atoms. The van der Waals surface area contributed by atoms with Crippen LogP contribution >= 0.6 is 0 Å². The molecule has 0 heterocycles. The van der Waals surface area contributed by atoms with Crippen LogP contribution in [0.15, 0.2) is 0 Å². The van der Waals surface area contributed by atoms with Crippen molar-refractivity contribution in [2.24, 2.45) is 0 Å². The second-order valence-corrected chi connectivity index (χ2v) is 9.79. The molecular weight excluding hydrogens is 516 g/mol. The summed E-state index contributed by atoms with van der Waals surface area (Å²) in [6.07, 6.45) is 15.2. The van der Waals surface area contributed by atoms with Crippen LogP contribution in [0, 0.1) is 0 Å². The summed E-state index contributed by atoms with van der Waals surface area (Å²) in [6, 6.07) is 0. The van der Waals surface area contributed by atoms with Crippen molar-refractivity contribution in [1.29, 1.82) is 0 Å². The number of carbonyl (C=O) groups is 1. The van der Waals surface area contributed by atoms with E-state index in [1.54, 1.807) is 0 Å². The lowest BCUT2D eigenvalue weighted by Gasteiger charge is -2.09. The summed E-state index contributed by atoms with van der Waals surface area (Å²) >= 11 is 0. The fraction of sp³-hybridized carbons (Fsp3) is 0.968. The molecule has 0 amide bonds. The van der Waals surface area contributed by atoms with Gasteiger partial charge in [-0.15, -0.1) is 0 Å². The molecule has 0 saturated heterocycles. The second-order valence-electron chi connectivity index (χ2n) is 9.79. The van der Waals surface area contributed by atoms with E-state index in [4.69, 9.17) is 37.9 Å². The molecule has 0 radical (unpaired) electrons. The Morgan fingerprint density at radius 2 is 0.650 bits per heavy atom. The first-order valence-corrected chi connectivity index (χ1v) is 16.0. The van der Waals surface area contributed by atoms with Crippen molar-refractivity contribution in [3.05, 3.63) is 0 Å². The molecule has 0 fully saturated rings. The van der Waals surface area contributed by atoms with Gasteiger partial charge in [-0.25, -0.2) is 0 Å². The smallest absolute Gasteiger partial charge is 0.305 e. The molecule has 240 valence electrons. The third-order valence-corrected chi connectivity index (χ3v) is 6.10. The van der Waals surface area contributed by atoms with Crippen LogP contribution in [0.25, 0.3) is 0 Å². The number of esters is 1. The van der Waals surface area contributed by atoms with Gasteiger partial charge in [-0.1, -0.05) is 78.1 Å². The summed E-state index contributed by atoms with van der Waals surface area (Å²) < 4.78 is 43.6. The van der Waals surface area contributed by atoms with E-state index >= 15 is 0 Å². The van der Waals surface area contributed by atoms with Gasteiger partial charge >= 0.3 is 5.97 Å². The van der Waals surface area contributed by atoms with Crippen LogP contribution < -0.4 is 0 Å². The Kier molecular flexibility index (Phi) is 35.5. The Labute approximate surface area is 245 Å². The number of ether oxygens (including phenoxy) is 8. The van der Waals surface area contributed by atoms with Crippen LogP contribution in [-0.4, -0.2) is 105 Å². The maximum absolute atomic E-state index is 11.6. The Hall–Kier alpha value is -0.810. The molecule has 40 heavy (non-hydrogen) atoms. The van der Waals surface area contributed by atoms with Crippen molar-refractivity contribution in [3.8, 4) is 0 Å². The van der Waals surface area contributed by atoms with Crippen LogP contribution in [0.2, 0.25) is 0 Å². The Bertz CT molecular complexity index is 480. The molecule has 0 atom stereocenters. The first-order chi connectivity index (χ1) is 19.8. The predicted octanol–water partition coefficient (Wildman–Crippen LogP) is 5.76. The third-order valence-electron chi connectivity index (χ3n) is 6.10. The number of rotatable bonds is 35. The summed E-state index contributed by atoms with van der Waals surface area (Å²) in [4.78, 5) is 11.6. The third kappa shape index (κ3) is 35.2. The van der Waals surface area contributed by atoms with E-state index < -0.39 is 0 Å². The minimum absolute atomic E-state index is 0.135. The molecule has 0 unspecified atom stereocenters. The fourth-order valence-electron chi connectivity index (χ4n) is 3.74. The van der Waals surface area contributed by atoms with Crippen molar-refractivity contribution >= 4 is 5.97 Å². The lowest BCUT2D eigenvalue weighted by molar-refractivity contribution is -0.145. The van der Waals surface area contributed by atoms with Crippen LogP contribution in [-0.2, 0) is 42.7 Å². The van der Waals surface area contributed by atoms with E-state index in [2.05, 4.69) is 13.8 Å². The summed E-state index contributed by atoms with van der Waals surface area (Å²) in [6.45, 7) is 12.4. The van der Waals surface area contributed by atoms with Gasteiger partial charge in [-0.3, -0.25) is 4.79 Å². The fourth-order valence-corrected chi connectivity index (χ4v) is 3.74. The van der Waals surface area contributed by atoms with Gasteiger partial charge in [0, 0.05) is 13.0 Å². The van der Waals surface area contributed by atoms with E-state index in [0.717, 1.165) is 25.9 Å². The molecule has 0 aromatic heterocycles. The Balaban J connectivity index is 3.09. The molecule has 0 aliphatic carbocycles. The Morgan fingerprint density at radius 3 is 1.05 bits per heavy atom. The van der Waals surface area contributed by atoms with Crippen LogP contribution in [0.4, 0.5) is 0 Å². The van der Waals surface area contributed by atoms with E-state index in [-0.39, 0.29) is 5.97 Å². The molecular formula is C31H62O9. The average Bonchev–Trinajstić information content (AvgIpc) is 2.96. The molecule has 0 N–H and O–H groups in total. The summed E-state index contributed by atoms with van der Waals surface area (Å²) in [7, 11) is 0. The molecule has 0 aromatic carbocycles. The van der Waals surface area contributed by atoms with Gasteiger partial charge in [-0.2, -0.15) is 0 Å². The SMILES string of the molecule is CCCCCCCCOCCOCCOCCOCCOCCOCCOCCOC(=O)CCCCCCCC. The quantitative estimate of drug-likeness (QED) is 0.0688. The normalized spacial score (nSPS) is 11.3. The van der Waals surface area contributed by atoms with E-state index in [0.29, 0.717) is 98.9 Å². The maximum Gasteiger partial charge on any atom is 0.305 e. The lowest BCUT2D eigenvalue weighted by atomic mass is 10.1. The molecule has 0 aromatic rings. The number of hydrogen-bond donors (Lipinski definition) is 0. The highest BCUT2D eigenvalue weighted by Gasteiger charge is 2.02. The zero-order valence-corrected chi connectivity index (χ0v) is 26.0. The molecule has 9 nitrogen and oxygen atoms in total. The molecule has 9 heteroatoms. The van der Waals surface area contributed by atoms with Crippen molar-refractivity contribution in [3.63, 3.8) is 0 Å². The summed E-state index contributed by atoms with van der Waals surface area (Å²) in [5.74, 6) is -0.135. The first-order valence-electron chi connectivity index (χ1n) is 16.0. The minimum Gasteiger partial charge on any atom is -0.463 e. The van der Waals surface area contributed by atoms with Crippen molar-refractivity contribution in [2.75, 3.05) is 99.1 Å². The number of carbonyl (C=O) groups excluding carboxylic acids is 1. The molecule has 0 saturated carbocycles. The minimum atomic E-state index is -0.135. The van der Waals surface area contributed by atoms with Gasteiger partial charge in [0.15, 0.2) is 0 Å². The van der Waals surface area contributed by atoms with Gasteiger partial charge in [0.25, 0.3) is 0 Å². The topological polar surface area (TPSA) is 90.9 Å². The van der Waals surface area contributed by atoms with Gasteiger partial charge in [-0.05, 0) is 12.8 Å². The van der Waals surface area contributed by atoms with Crippen LogP contribution in [0.1, 0.15) is 97.3 Å². The van der Waals surface area contributed by atoms with Crippen molar-refractivity contribution in [1.82, 2.24) is 0 Å². The highest BCUT2D eigenvalue weighted by molar-refractivity contribution is 5.69. The summed E-state index contributed by atoms with van der Waals surface area (Å²) in [5, 5.41) is 0. The first kappa shape index (κ1) is 39.2. The van der Waals surface area contributed by atoms with Gasteiger partial charge < -0.3 is 37.9 Å². The van der Waals surface area contributed by atoms with E-state index in [9.17, 15) is 4.79 Å². The molecule has 0 rings (SSSR count). The summed E-state index contributed by atoms with van der Waals surface area (Å²) in [5.41, 5.74) is 0. The average molecular weight is 579 g/mol. The highest BCUT2D eigenvalue weighted by Crippen LogP contribution is 2.07. The lowest BCUT2D eigenvalue weighted by Crippen LogP contribution is -2.15. The van der Waals surface area contributed by atoms with Crippen LogP contribution in [0.3, 0.4) is 0 Å².